The number of piperidine rings is 1. The second-order valence-electron chi connectivity index (χ2n) is 5.17. The Bertz CT molecular complexity index is 425. The van der Waals surface area contributed by atoms with Crippen LogP contribution in [0.25, 0.3) is 0 Å². The Morgan fingerprint density at radius 1 is 1.50 bits per heavy atom. The van der Waals surface area contributed by atoms with Crippen LogP contribution in [0.3, 0.4) is 0 Å². The molecule has 4 nitrogen and oxygen atoms in total. The molecule has 18 heavy (non-hydrogen) atoms. The first-order chi connectivity index (χ1) is 8.60. The molecule has 4 heteroatoms. The average molecular weight is 247 g/mol. The summed E-state index contributed by atoms with van der Waals surface area (Å²) in [5.41, 5.74) is 1.47. The molecule has 1 atom stereocenters. The normalized spacial score (nSPS) is 23.7. The van der Waals surface area contributed by atoms with Gasteiger partial charge in [-0.05, 0) is 51.8 Å². The summed E-state index contributed by atoms with van der Waals surface area (Å²) >= 11 is 0. The fourth-order valence-electron chi connectivity index (χ4n) is 2.31. The van der Waals surface area contributed by atoms with Crippen molar-refractivity contribution in [2.45, 2.75) is 45.2 Å². The van der Waals surface area contributed by atoms with Crippen molar-refractivity contribution in [1.82, 2.24) is 15.6 Å². The van der Waals surface area contributed by atoms with E-state index in [1.165, 1.54) is 0 Å². The van der Waals surface area contributed by atoms with Gasteiger partial charge in [-0.3, -0.25) is 9.78 Å². The molecule has 0 spiro atoms. The zero-order valence-electron chi connectivity index (χ0n) is 11.1. The molecular weight excluding hydrogens is 226 g/mol. The molecule has 1 unspecified atom stereocenters. The van der Waals surface area contributed by atoms with E-state index in [1.54, 1.807) is 0 Å². The van der Waals surface area contributed by atoms with Crippen LogP contribution >= 0.6 is 0 Å². The van der Waals surface area contributed by atoms with E-state index in [1.807, 2.05) is 32.0 Å². The van der Waals surface area contributed by atoms with Crippen molar-refractivity contribution in [1.29, 1.82) is 0 Å². The van der Waals surface area contributed by atoms with Crippen LogP contribution in [-0.2, 0) is 11.3 Å². The highest BCUT2D eigenvalue weighted by atomic mass is 16.2. The maximum absolute atomic E-state index is 12.2. The van der Waals surface area contributed by atoms with Gasteiger partial charge in [-0.15, -0.1) is 0 Å². The van der Waals surface area contributed by atoms with Gasteiger partial charge in [0.15, 0.2) is 0 Å². The zero-order valence-corrected chi connectivity index (χ0v) is 11.1. The fraction of sp³-hybridized carbons (Fsp3) is 0.571. The standard InChI is InChI=1S/C14H21N3O/c1-11-6-5-7-12(17-11)10-15-13(18)14(2)8-3-4-9-16-14/h5-7,16H,3-4,8-10H2,1-2H3,(H,15,18). The van der Waals surface area contributed by atoms with Crippen LogP contribution in [0.2, 0.25) is 0 Å². The fourth-order valence-corrected chi connectivity index (χ4v) is 2.31. The summed E-state index contributed by atoms with van der Waals surface area (Å²) in [7, 11) is 0. The number of nitrogens with one attached hydrogen (secondary N) is 2. The molecule has 1 saturated heterocycles. The topological polar surface area (TPSA) is 54.0 Å². The lowest BCUT2D eigenvalue weighted by atomic mass is 9.90. The Labute approximate surface area is 108 Å². The Morgan fingerprint density at radius 3 is 3.00 bits per heavy atom. The van der Waals surface area contributed by atoms with Gasteiger partial charge in [-0.2, -0.15) is 0 Å². The van der Waals surface area contributed by atoms with Crippen molar-refractivity contribution < 1.29 is 4.79 Å². The minimum atomic E-state index is -0.415. The van der Waals surface area contributed by atoms with Gasteiger partial charge in [0, 0.05) is 5.69 Å². The van der Waals surface area contributed by atoms with Gasteiger partial charge in [0.25, 0.3) is 0 Å². The molecule has 1 aromatic heterocycles. The quantitative estimate of drug-likeness (QED) is 0.852. The number of carbonyl (C=O) groups is 1. The largest absolute Gasteiger partial charge is 0.349 e. The molecule has 0 bridgehead atoms. The van der Waals surface area contributed by atoms with E-state index < -0.39 is 5.54 Å². The molecule has 2 rings (SSSR count). The Balaban J connectivity index is 1.91. The molecule has 2 N–H and O–H groups in total. The first kappa shape index (κ1) is 13.0. The molecule has 1 amide bonds. The van der Waals surface area contributed by atoms with Crippen molar-refractivity contribution in [3.05, 3.63) is 29.6 Å². The second-order valence-corrected chi connectivity index (χ2v) is 5.17. The lowest BCUT2D eigenvalue weighted by molar-refractivity contribution is -0.128. The van der Waals surface area contributed by atoms with Crippen molar-refractivity contribution in [3.8, 4) is 0 Å². The molecule has 1 fully saturated rings. The van der Waals surface area contributed by atoms with Crippen molar-refractivity contribution in [3.63, 3.8) is 0 Å². The number of pyridine rings is 1. The number of nitrogens with zero attached hydrogens (tertiary/aromatic N) is 1. The number of aromatic nitrogens is 1. The second kappa shape index (κ2) is 5.48. The molecule has 0 saturated carbocycles. The Morgan fingerprint density at radius 2 is 2.33 bits per heavy atom. The average Bonchev–Trinajstić information content (AvgIpc) is 2.37. The van der Waals surface area contributed by atoms with E-state index >= 15 is 0 Å². The molecule has 1 aromatic rings. The van der Waals surface area contributed by atoms with Crippen molar-refractivity contribution >= 4 is 5.91 Å². The SMILES string of the molecule is Cc1cccc(CNC(=O)C2(C)CCCCN2)n1. The van der Waals surface area contributed by atoms with E-state index in [9.17, 15) is 4.79 Å². The first-order valence-corrected chi connectivity index (χ1v) is 6.56. The summed E-state index contributed by atoms with van der Waals surface area (Å²) in [5, 5.41) is 6.28. The van der Waals surface area contributed by atoms with Crippen LogP contribution in [0.15, 0.2) is 18.2 Å². The molecule has 1 aliphatic heterocycles. The number of amides is 1. The predicted molar refractivity (Wildman–Crippen MR) is 71.1 cm³/mol. The molecular formula is C14H21N3O. The molecule has 0 radical (unpaired) electrons. The van der Waals surface area contributed by atoms with Crippen molar-refractivity contribution in [2.24, 2.45) is 0 Å². The monoisotopic (exact) mass is 247 g/mol. The summed E-state index contributed by atoms with van der Waals surface area (Å²) in [5.74, 6) is 0.0745. The van der Waals surface area contributed by atoms with Crippen LogP contribution in [0.1, 0.15) is 37.6 Å². The van der Waals surface area contributed by atoms with Crippen LogP contribution in [-0.4, -0.2) is 23.0 Å². The third-order valence-corrected chi connectivity index (χ3v) is 3.50. The number of hydrogen-bond donors (Lipinski definition) is 2. The minimum Gasteiger partial charge on any atom is -0.349 e. The van der Waals surface area contributed by atoms with E-state index in [0.717, 1.165) is 37.2 Å². The summed E-state index contributed by atoms with van der Waals surface area (Å²) in [6.45, 7) is 5.35. The maximum Gasteiger partial charge on any atom is 0.240 e. The van der Waals surface area contributed by atoms with Gasteiger partial charge < -0.3 is 10.6 Å². The van der Waals surface area contributed by atoms with Gasteiger partial charge >= 0.3 is 0 Å². The summed E-state index contributed by atoms with van der Waals surface area (Å²) in [6.07, 6.45) is 3.17. The third kappa shape index (κ3) is 3.07. The van der Waals surface area contributed by atoms with Crippen LogP contribution in [0.5, 0.6) is 0 Å². The highest BCUT2D eigenvalue weighted by Gasteiger charge is 2.33. The van der Waals surface area contributed by atoms with Crippen LogP contribution in [0.4, 0.5) is 0 Å². The first-order valence-electron chi connectivity index (χ1n) is 6.56. The van der Waals surface area contributed by atoms with Crippen LogP contribution < -0.4 is 10.6 Å². The number of hydrogen-bond acceptors (Lipinski definition) is 3. The summed E-state index contributed by atoms with van der Waals surface area (Å²) in [4.78, 5) is 16.6. The highest BCUT2D eigenvalue weighted by Crippen LogP contribution is 2.18. The lowest BCUT2D eigenvalue weighted by Gasteiger charge is -2.33. The van der Waals surface area contributed by atoms with E-state index in [0.29, 0.717) is 6.54 Å². The van der Waals surface area contributed by atoms with Crippen molar-refractivity contribution in [2.75, 3.05) is 6.54 Å². The molecule has 98 valence electrons. The highest BCUT2D eigenvalue weighted by molar-refractivity contribution is 5.85. The van der Waals surface area contributed by atoms with Gasteiger partial charge in [0.2, 0.25) is 5.91 Å². The number of carbonyl (C=O) groups excluding carboxylic acids is 1. The van der Waals surface area contributed by atoms with E-state index in [4.69, 9.17) is 0 Å². The molecule has 0 aromatic carbocycles. The lowest BCUT2D eigenvalue weighted by Crippen LogP contribution is -2.56. The molecule has 1 aliphatic rings. The maximum atomic E-state index is 12.2. The summed E-state index contributed by atoms with van der Waals surface area (Å²) in [6, 6.07) is 5.85. The predicted octanol–water partition coefficient (Wildman–Crippen LogP) is 1.54. The van der Waals surface area contributed by atoms with E-state index in [-0.39, 0.29) is 5.91 Å². The number of aryl methyl sites for hydroxylation is 1. The number of rotatable bonds is 3. The van der Waals surface area contributed by atoms with Gasteiger partial charge in [-0.1, -0.05) is 6.07 Å². The van der Waals surface area contributed by atoms with E-state index in [2.05, 4.69) is 15.6 Å². The smallest absolute Gasteiger partial charge is 0.240 e. The van der Waals surface area contributed by atoms with Gasteiger partial charge in [0.1, 0.15) is 0 Å². The minimum absolute atomic E-state index is 0.0745. The zero-order chi connectivity index (χ0) is 13.0. The molecule has 2 heterocycles. The Hall–Kier alpha value is -1.42. The third-order valence-electron chi connectivity index (χ3n) is 3.50. The van der Waals surface area contributed by atoms with Crippen LogP contribution in [0, 0.1) is 6.92 Å². The van der Waals surface area contributed by atoms with Gasteiger partial charge in [-0.25, -0.2) is 0 Å². The summed E-state index contributed by atoms with van der Waals surface area (Å²) < 4.78 is 0. The Kier molecular flexibility index (Phi) is 3.97. The molecule has 0 aliphatic carbocycles. The van der Waals surface area contributed by atoms with Gasteiger partial charge in [0.05, 0.1) is 17.8 Å².